The zero-order valence-corrected chi connectivity index (χ0v) is 18.6. The molecule has 0 heterocycles. The second-order valence-corrected chi connectivity index (χ2v) is 9.99. The molecule has 3 saturated carbocycles. The Kier molecular flexibility index (Phi) is 7.42. The number of hydrogen-bond acceptors (Lipinski definition) is 1. The summed E-state index contributed by atoms with van der Waals surface area (Å²) < 4.78 is 0. The lowest BCUT2D eigenvalue weighted by molar-refractivity contribution is 0.127. The molecule has 3 aliphatic rings. The van der Waals surface area contributed by atoms with Gasteiger partial charge in [0, 0.05) is 0 Å². The molecule has 0 radical (unpaired) electrons. The summed E-state index contributed by atoms with van der Waals surface area (Å²) in [6.45, 7) is 11.2. The zero-order chi connectivity index (χ0) is 20.1. The number of fused-ring (bicyclic) bond motifs is 1. The molecule has 28 heavy (non-hydrogen) atoms. The number of allylic oxidation sites excluding steroid dienone is 6. The van der Waals surface area contributed by atoms with E-state index < -0.39 is 0 Å². The molecule has 1 heteroatoms. The van der Waals surface area contributed by atoms with Crippen LogP contribution in [0.4, 0.5) is 0 Å². The van der Waals surface area contributed by atoms with E-state index in [9.17, 15) is 5.11 Å². The van der Waals surface area contributed by atoms with Gasteiger partial charge in [0.05, 0.1) is 6.10 Å². The van der Waals surface area contributed by atoms with Crippen molar-refractivity contribution in [3.8, 4) is 0 Å². The molecular formula is C27H42O. The van der Waals surface area contributed by atoms with Crippen LogP contribution in [-0.2, 0) is 0 Å². The lowest BCUT2D eigenvalue weighted by atomic mass is 9.62. The van der Waals surface area contributed by atoms with E-state index >= 15 is 0 Å². The SMILES string of the molecule is C=C1/C(=C\C=C2/CCCC3(C)C(CCCC/C=C\C)CCC23)CC(O)CC1C. The fourth-order valence-electron chi connectivity index (χ4n) is 6.36. The van der Waals surface area contributed by atoms with Crippen LogP contribution in [0.3, 0.4) is 0 Å². The first kappa shape index (κ1) is 21.6. The van der Waals surface area contributed by atoms with Gasteiger partial charge in [-0.2, -0.15) is 0 Å². The Bertz CT molecular complexity index is 637. The van der Waals surface area contributed by atoms with Crippen molar-refractivity contribution in [2.24, 2.45) is 23.2 Å². The highest BCUT2D eigenvalue weighted by molar-refractivity contribution is 5.37. The van der Waals surface area contributed by atoms with Crippen molar-refractivity contribution >= 4 is 0 Å². The van der Waals surface area contributed by atoms with Gasteiger partial charge in [0.25, 0.3) is 0 Å². The fraction of sp³-hybridized carbons (Fsp3) is 0.704. The summed E-state index contributed by atoms with van der Waals surface area (Å²) in [5.74, 6) is 2.09. The van der Waals surface area contributed by atoms with Gasteiger partial charge in [-0.15, -0.1) is 0 Å². The zero-order valence-electron chi connectivity index (χ0n) is 18.6. The molecule has 1 N–H and O–H groups in total. The Morgan fingerprint density at radius 3 is 2.82 bits per heavy atom. The summed E-state index contributed by atoms with van der Waals surface area (Å²) in [6.07, 6.45) is 22.9. The van der Waals surface area contributed by atoms with Crippen LogP contribution in [-0.4, -0.2) is 11.2 Å². The summed E-state index contributed by atoms with van der Waals surface area (Å²) in [4.78, 5) is 0. The minimum atomic E-state index is -0.194. The first-order valence-electron chi connectivity index (χ1n) is 11.8. The Hall–Kier alpha value is -1.08. The lowest BCUT2D eigenvalue weighted by Crippen LogP contribution is -2.33. The average molecular weight is 383 g/mol. The molecule has 3 fully saturated rings. The minimum Gasteiger partial charge on any atom is -0.393 e. The summed E-state index contributed by atoms with van der Waals surface area (Å²) >= 11 is 0. The van der Waals surface area contributed by atoms with Crippen LogP contribution < -0.4 is 0 Å². The van der Waals surface area contributed by atoms with Crippen LogP contribution in [0.15, 0.2) is 47.6 Å². The Balaban J connectivity index is 1.67. The van der Waals surface area contributed by atoms with Crippen LogP contribution >= 0.6 is 0 Å². The van der Waals surface area contributed by atoms with E-state index in [-0.39, 0.29) is 6.10 Å². The van der Waals surface area contributed by atoms with Crippen LogP contribution in [0.1, 0.15) is 91.4 Å². The quantitative estimate of drug-likeness (QED) is 0.371. The van der Waals surface area contributed by atoms with Gasteiger partial charge in [0.15, 0.2) is 0 Å². The van der Waals surface area contributed by atoms with Crippen molar-refractivity contribution in [3.05, 3.63) is 47.6 Å². The fourth-order valence-corrected chi connectivity index (χ4v) is 6.36. The molecule has 0 aliphatic heterocycles. The van der Waals surface area contributed by atoms with Gasteiger partial charge in [0.2, 0.25) is 0 Å². The van der Waals surface area contributed by atoms with Crippen LogP contribution in [0.25, 0.3) is 0 Å². The first-order chi connectivity index (χ1) is 13.5. The van der Waals surface area contributed by atoms with E-state index in [1.54, 1.807) is 5.57 Å². The second kappa shape index (κ2) is 9.61. The molecule has 0 aromatic heterocycles. The van der Waals surface area contributed by atoms with Gasteiger partial charge in [0.1, 0.15) is 0 Å². The molecule has 0 amide bonds. The summed E-state index contributed by atoms with van der Waals surface area (Å²) in [5, 5.41) is 10.2. The largest absolute Gasteiger partial charge is 0.393 e. The van der Waals surface area contributed by atoms with E-state index in [2.05, 4.69) is 51.7 Å². The molecule has 0 aromatic carbocycles. The van der Waals surface area contributed by atoms with Crippen molar-refractivity contribution in [1.82, 2.24) is 0 Å². The topological polar surface area (TPSA) is 20.2 Å². The van der Waals surface area contributed by atoms with Gasteiger partial charge >= 0.3 is 0 Å². The molecule has 1 nitrogen and oxygen atoms in total. The number of hydrogen-bond donors (Lipinski definition) is 1. The van der Waals surface area contributed by atoms with Crippen molar-refractivity contribution < 1.29 is 5.11 Å². The van der Waals surface area contributed by atoms with E-state index in [0.717, 1.165) is 24.7 Å². The highest BCUT2D eigenvalue weighted by atomic mass is 16.3. The van der Waals surface area contributed by atoms with Gasteiger partial charge in [-0.25, -0.2) is 0 Å². The van der Waals surface area contributed by atoms with Crippen LogP contribution in [0.2, 0.25) is 0 Å². The number of unbranched alkanes of at least 4 members (excludes halogenated alkanes) is 2. The number of rotatable bonds is 6. The maximum absolute atomic E-state index is 10.2. The van der Waals surface area contributed by atoms with E-state index in [1.807, 2.05) is 0 Å². The predicted octanol–water partition coefficient (Wildman–Crippen LogP) is 7.54. The van der Waals surface area contributed by atoms with E-state index in [4.69, 9.17) is 0 Å². The lowest BCUT2D eigenvalue weighted by Gasteiger charge is -2.42. The highest BCUT2D eigenvalue weighted by Gasteiger charge is 2.48. The molecule has 0 bridgehead atoms. The Morgan fingerprint density at radius 2 is 2.04 bits per heavy atom. The first-order valence-corrected chi connectivity index (χ1v) is 11.8. The minimum absolute atomic E-state index is 0.194. The summed E-state index contributed by atoms with van der Waals surface area (Å²) in [6, 6.07) is 0. The summed E-state index contributed by atoms with van der Waals surface area (Å²) in [5.41, 5.74) is 4.72. The standard InChI is InChI=1S/C27H42O/c1-5-6-7-8-9-12-24-15-16-26-22(11-10-17-27(24,26)4)13-14-23-19-25(28)18-20(2)21(23)3/h5-6,13-14,20,24-26,28H,3,7-12,15-19H2,1-2,4H3/b6-5-,22-13+,23-14-. The molecule has 0 spiro atoms. The van der Waals surface area contributed by atoms with Gasteiger partial charge in [-0.1, -0.05) is 56.7 Å². The highest BCUT2D eigenvalue weighted by Crippen LogP contribution is 2.58. The van der Waals surface area contributed by atoms with Gasteiger partial charge in [-0.3, -0.25) is 0 Å². The molecule has 0 saturated heterocycles. The van der Waals surface area contributed by atoms with Crippen molar-refractivity contribution in [3.63, 3.8) is 0 Å². The van der Waals surface area contributed by atoms with E-state index in [0.29, 0.717) is 11.3 Å². The monoisotopic (exact) mass is 382 g/mol. The molecule has 156 valence electrons. The van der Waals surface area contributed by atoms with Crippen LogP contribution in [0, 0.1) is 23.2 Å². The third-order valence-corrected chi connectivity index (χ3v) is 8.16. The molecule has 0 aromatic rings. The molecule has 5 unspecified atom stereocenters. The third-order valence-electron chi connectivity index (χ3n) is 8.16. The normalized spacial score (nSPS) is 39.2. The van der Waals surface area contributed by atoms with Gasteiger partial charge < -0.3 is 5.11 Å². The van der Waals surface area contributed by atoms with Gasteiger partial charge in [-0.05, 0) is 105 Å². The predicted molar refractivity (Wildman–Crippen MR) is 121 cm³/mol. The van der Waals surface area contributed by atoms with Crippen molar-refractivity contribution in [1.29, 1.82) is 0 Å². The number of aliphatic hydroxyl groups excluding tert-OH is 1. The molecular weight excluding hydrogens is 340 g/mol. The smallest absolute Gasteiger partial charge is 0.0586 e. The summed E-state index contributed by atoms with van der Waals surface area (Å²) in [7, 11) is 0. The number of aliphatic hydroxyl groups is 1. The average Bonchev–Trinajstić information content (AvgIpc) is 3.00. The van der Waals surface area contributed by atoms with Crippen molar-refractivity contribution in [2.75, 3.05) is 0 Å². The van der Waals surface area contributed by atoms with Crippen LogP contribution in [0.5, 0.6) is 0 Å². The second-order valence-electron chi connectivity index (χ2n) is 9.99. The molecule has 3 aliphatic carbocycles. The molecule has 3 rings (SSSR count). The van der Waals surface area contributed by atoms with Crippen molar-refractivity contribution in [2.45, 2.75) is 97.5 Å². The maximum atomic E-state index is 10.2. The maximum Gasteiger partial charge on any atom is 0.0586 e. The van der Waals surface area contributed by atoms with E-state index in [1.165, 1.54) is 68.9 Å². The Morgan fingerprint density at radius 1 is 1.21 bits per heavy atom. The Labute approximate surface area is 173 Å². The third kappa shape index (κ3) is 4.73. The molecule has 5 atom stereocenters.